The van der Waals surface area contributed by atoms with Gasteiger partial charge in [0.2, 0.25) is 5.91 Å². The normalized spacial score (nSPS) is 18.4. The first-order chi connectivity index (χ1) is 10.1. The van der Waals surface area contributed by atoms with Gasteiger partial charge in [-0.15, -0.1) is 12.4 Å². The molecule has 0 bridgehead atoms. The summed E-state index contributed by atoms with van der Waals surface area (Å²) in [6.45, 7) is 1.33. The topological polar surface area (TPSA) is 70.6 Å². The molecule has 1 saturated heterocycles. The second-order valence-electron chi connectivity index (χ2n) is 5.20. The molecule has 0 radical (unpaired) electrons. The number of benzene rings is 1. The average Bonchev–Trinajstić information content (AvgIpc) is 2.97. The zero-order valence-electron chi connectivity index (χ0n) is 12.3. The Morgan fingerprint density at radius 2 is 2.27 bits per heavy atom. The third-order valence-electron chi connectivity index (χ3n) is 3.40. The van der Waals surface area contributed by atoms with E-state index in [0.29, 0.717) is 12.2 Å². The Balaban J connectivity index is 0.00000242. The van der Waals surface area contributed by atoms with Gasteiger partial charge in [0.15, 0.2) is 0 Å². The zero-order valence-corrected chi connectivity index (χ0v) is 14.7. The summed E-state index contributed by atoms with van der Waals surface area (Å²) in [5.41, 5.74) is 0. The Kier molecular flexibility index (Phi) is 8.78. The average molecular weight is 394 g/mol. The quantitative estimate of drug-likeness (QED) is 0.661. The number of ether oxygens (including phenoxy) is 1. The summed E-state index contributed by atoms with van der Waals surface area (Å²) in [6.07, 6.45) is 1.91. The molecular formula is C15H22BrClN2O3. The van der Waals surface area contributed by atoms with Crippen LogP contribution in [0.1, 0.15) is 19.3 Å². The van der Waals surface area contributed by atoms with E-state index in [4.69, 9.17) is 4.74 Å². The lowest BCUT2D eigenvalue weighted by Crippen LogP contribution is -2.38. The maximum Gasteiger partial charge on any atom is 0.221 e. The first-order valence-corrected chi connectivity index (χ1v) is 8.00. The van der Waals surface area contributed by atoms with Crippen LogP contribution in [-0.4, -0.2) is 42.9 Å². The highest BCUT2D eigenvalue weighted by Crippen LogP contribution is 2.23. The molecule has 7 heteroatoms. The monoisotopic (exact) mass is 392 g/mol. The number of hydrogen-bond acceptors (Lipinski definition) is 4. The van der Waals surface area contributed by atoms with Crippen LogP contribution in [-0.2, 0) is 4.79 Å². The number of hydrogen-bond donors (Lipinski definition) is 3. The largest absolute Gasteiger partial charge is 0.490 e. The molecule has 2 rings (SSSR count). The molecule has 0 aromatic heterocycles. The maximum absolute atomic E-state index is 11.7. The molecule has 1 heterocycles. The number of nitrogens with one attached hydrogen (secondary N) is 2. The van der Waals surface area contributed by atoms with E-state index in [0.717, 1.165) is 23.9 Å². The Labute approximate surface area is 145 Å². The van der Waals surface area contributed by atoms with E-state index in [1.54, 1.807) is 0 Å². The first kappa shape index (κ1) is 19.2. The fourth-order valence-corrected chi connectivity index (χ4v) is 2.66. The lowest BCUT2D eigenvalue weighted by Gasteiger charge is -2.15. The van der Waals surface area contributed by atoms with Gasteiger partial charge in [-0.2, -0.15) is 0 Å². The van der Waals surface area contributed by atoms with Crippen molar-refractivity contribution in [3.63, 3.8) is 0 Å². The van der Waals surface area contributed by atoms with E-state index in [1.165, 1.54) is 0 Å². The van der Waals surface area contributed by atoms with Crippen LogP contribution in [0.2, 0.25) is 0 Å². The van der Waals surface area contributed by atoms with Crippen LogP contribution in [0.25, 0.3) is 0 Å². The minimum absolute atomic E-state index is 0. The summed E-state index contributed by atoms with van der Waals surface area (Å²) in [5.74, 6) is 0.646. The third-order valence-corrected chi connectivity index (χ3v) is 4.05. The SMILES string of the molecule is Cl.O=C(CC1CCCN1)NCC(O)COc1ccccc1Br. The van der Waals surface area contributed by atoms with Crippen LogP contribution in [0.15, 0.2) is 28.7 Å². The van der Waals surface area contributed by atoms with Crippen LogP contribution in [0, 0.1) is 0 Å². The zero-order chi connectivity index (χ0) is 15.1. The van der Waals surface area contributed by atoms with Crippen molar-refractivity contribution in [2.24, 2.45) is 0 Å². The number of halogens is 2. The molecule has 1 aliphatic rings. The molecule has 0 saturated carbocycles. The number of aliphatic hydroxyl groups is 1. The van der Waals surface area contributed by atoms with Gasteiger partial charge in [0, 0.05) is 19.0 Å². The fourth-order valence-electron chi connectivity index (χ4n) is 2.27. The molecule has 5 nitrogen and oxygen atoms in total. The molecule has 1 amide bonds. The maximum atomic E-state index is 11.7. The van der Waals surface area contributed by atoms with Crippen molar-refractivity contribution in [2.45, 2.75) is 31.4 Å². The molecule has 3 N–H and O–H groups in total. The van der Waals surface area contributed by atoms with Crippen molar-refractivity contribution >= 4 is 34.2 Å². The number of rotatable bonds is 7. The highest BCUT2D eigenvalue weighted by molar-refractivity contribution is 9.10. The van der Waals surface area contributed by atoms with E-state index in [2.05, 4.69) is 26.6 Å². The van der Waals surface area contributed by atoms with Crippen LogP contribution in [0.4, 0.5) is 0 Å². The van der Waals surface area contributed by atoms with E-state index in [1.807, 2.05) is 24.3 Å². The van der Waals surface area contributed by atoms with Crippen molar-refractivity contribution < 1.29 is 14.6 Å². The van der Waals surface area contributed by atoms with Crippen LogP contribution in [0.3, 0.4) is 0 Å². The van der Waals surface area contributed by atoms with Gasteiger partial charge in [-0.3, -0.25) is 4.79 Å². The van der Waals surface area contributed by atoms with Crippen LogP contribution < -0.4 is 15.4 Å². The van der Waals surface area contributed by atoms with Gasteiger partial charge in [0.25, 0.3) is 0 Å². The number of amides is 1. The molecule has 1 aliphatic heterocycles. The molecular weight excluding hydrogens is 372 g/mol. The molecule has 1 aromatic carbocycles. The standard InChI is InChI=1S/C15H21BrN2O3.ClH/c16-13-5-1-2-6-14(13)21-10-12(19)9-18-15(20)8-11-4-3-7-17-11;/h1-2,5-6,11-12,17,19H,3-4,7-10H2,(H,18,20);1H. The molecule has 1 aromatic rings. The molecule has 0 aliphatic carbocycles. The smallest absolute Gasteiger partial charge is 0.221 e. The van der Waals surface area contributed by atoms with Crippen molar-refractivity contribution in [1.82, 2.24) is 10.6 Å². The second kappa shape index (κ2) is 10.0. The molecule has 0 spiro atoms. The van der Waals surface area contributed by atoms with E-state index in [9.17, 15) is 9.90 Å². The van der Waals surface area contributed by atoms with E-state index in [-0.39, 0.29) is 37.5 Å². The van der Waals surface area contributed by atoms with Gasteiger partial charge in [-0.05, 0) is 47.4 Å². The molecule has 1 fully saturated rings. The number of carbonyl (C=O) groups is 1. The van der Waals surface area contributed by atoms with Gasteiger partial charge in [-0.1, -0.05) is 12.1 Å². The van der Waals surface area contributed by atoms with Crippen molar-refractivity contribution in [3.05, 3.63) is 28.7 Å². The minimum atomic E-state index is -0.724. The Hall–Kier alpha value is -0.820. The number of para-hydroxylation sites is 1. The summed E-state index contributed by atoms with van der Waals surface area (Å²) in [7, 11) is 0. The highest BCUT2D eigenvalue weighted by atomic mass is 79.9. The number of carbonyl (C=O) groups excluding carboxylic acids is 1. The van der Waals surface area contributed by atoms with Gasteiger partial charge in [0.05, 0.1) is 4.47 Å². The summed E-state index contributed by atoms with van der Waals surface area (Å²) in [6, 6.07) is 7.73. The summed E-state index contributed by atoms with van der Waals surface area (Å²) < 4.78 is 6.35. The van der Waals surface area contributed by atoms with Crippen LogP contribution in [0.5, 0.6) is 5.75 Å². The van der Waals surface area contributed by atoms with Gasteiger partial charge in [0.1, 0.15) is 18.5 Å². The Morgan fingerprint density at radius 3 is 2.95 bits per heavy atom. The highest BCUT2D eigenvalue weighted by Gasteiger charge is 2.18. The van der Waals surface area contributed by atoms with Crippen molar-refractivity contribution in [2.75, 3.05) is 19.7 Å². The van der Waals surface area contributed by atoms with Gasteiger partial charge < -0.3 is 20.5 Å². The van der Waals surface area contributed by atoms with Gasteiger partial charge in [-0.25, -0.2) is 0 Å². The Bertz CT molecular complexity index is 470. The second-order valence-corrected chi connectivity index (χ2v) is 6.05. The van der Waals surface area contributed by atoms with Gasteiger partial charge >= 0.3 is 0 Å². The summed E-state index contributed by atoms with van der Waals surface area (Å²) in [4.78, 5) is 11.7. The van der Waals surface area contributed by atoms with Crippen molar-refractivity contribution in [1.29, 1.82) is 0 Å². The summed E-state index contributed by atoms with van der Waals surface area (Å²) in [5, 5.41) is 15.9. The predicted molar refractivity (Wildman–Crippen MR) is 91.5 cm³/mol. The first-order valence-electron chi connectivity index (χ1n) is 7.20. The number of aliphatic hydroxyl groups excluding tert-OH is 1. The predicted octanol–water partition coefficient (Wildman–Crippen LogP) is 1.87. The minimum Gasteiger partial charge on any atom is -0.490 e. The fraction of sp³-hybridized carbons (Fsp3) is 0.533. The molecule has 124 valence electrons. The third kappa shape index (κ3) is 6.52. The lowest BCUT2D eigenvalue weighted by molar-refractivity contribution is -0.122. The molecule has 2 atom stereocenters. The van der Waals surface area contributed by atoms with E-state index >= 15 is 0 Å². The molecule has 22 heavy (non-hydrogen) atoms. The van der Waals surface area contributed by atoms with E-state index < -0.39 is 6.10 Å². The lowest BCUT2D eigenvalue weighted by atomic mass is 10.1. The van der Waals surface area contributed by atoms with Crippen LogP contribution >= 0.6 is 28.3 Å². The summed E-state index contributed by atoms with van der Waals surface area (Å²) >= 11 is 3.37. The van der Waals surface area contributed by atoms with Crippen molar-refractivity contribution in [3.8, 4) is 5.75 Å². The Morgan fingerprint density at radius 1 is 1.50 bits per heavy atom. The molecule has 2 unspecified atom stereocenters.